The van der Waals surface area contributed by atoms with Crippen molar-refractivity contribution in [1.82, 2.24) is 10.3 Å². The molecule has 0 saturated carbocycles. The minimum atomic E-state index is -0.110. The Morgan fingerprint density at radius 2 is 1.59 bits per heavy atom. The van der Waals surface area contributed by atoms with Crippen molar-refractivity contribution in [3.05, 3.63) is 108 Å². The second-order valence-electron chi connectivity index (χ2n) is 6.87. The third kappa shape index (κ3) is 4.61. The number of hydrogen-bond donors (Lipinski definition) is 1. The Morgan fingerprint density at radius 3 is 2.41 bits per heavy atom. The molecule has 29 heavy (non-hydrogen) atoms. The third-order valence-electron chi connectivity index (χ3n) is 4.87. The van der Waals surface area contributed by atoms with Crippen molar-refractivity contribution in [3.63, 3.8) is 0 Å². The second-order valence-corrected chi connectivity index (χ2v) is 6.87. The van der Waals surface area contributed by atoms with Crippen LogP contribution in [0.1, 0.15) is 11.3 Å². The summed E-state index contributed by atoms with van der Waals surface area (Å²) in [6.07, 6.45) is 2.47. The van der Waals surface area contributed by atoms with Crippen LogP contribution in [0, 0.1) is 0 Å². The van der Waals surface area contributed by atoms with E-state index in [2.05, 4.69) is 28.5 Å². The van der Waals surface area contributed by atoms with Crippen molar-refractivity contribution >= 4 is 22.5 Å². The van der Waals surface area contributed by atoms with Gasteiger partial charge in [-0.2, -0.15) is 0 Å². The number of rotatable bonds is 6. The molecule has 3 aromatic carbocycles. The van der Waals surface area contributed by atoms with Gasteiger partial charge >= 0.3 is 6.03 Å². The molecule has 0 unspecified atom stereocenters. The highest BCUT2D eigenvalue weighted by molar-refractivity contribution is 6.03. The first-order valence-electron chi connectivity index (χ1n) is 9.78. The van der Waals surface area contributed by atoms with E-state index in [-0.39, 0.29) is 6.03 Å². The first-order chi connectivity index (χ1) is 14.3. The van der Waals surface area contributed by atoms with Crippen LogP contribution in [-0.2, 0) is 13.0 Å². The quantitative estimate of drug-likeness (QED) is 0.499. The number of fused-ring (bicyclic) bond motifs is 1. The zero-order valence-electron chi connectivity index (χ0n) is 16.2. The normalized spacial score (nSPS) is 10.6. The monoisotopic (exact) mass is 381 g/mol. The van der Waals surface area contributed by atoms with Gasteiger partial charge in [-0.05, 0) is 29.1 Å². The van der Waals surface area contributed by atoms with E-state index in [9.17, 15) is 4.79 Å². The predicted octanol–water partition coefficient (Wildman–Crippen LogP) is 5.19. The minimum absolute atomic E-state index is 0.110. The molecule has 0 aliphatic rings. The van der Waals surface area contributed by atoms with Gasteiger partial charge in [-0.15, -0.1) is 0 Å². The van der Waals surface area contributed by atoms with Crippen LogP contribution < -0.4 is 10.2 Å². The molecule has 4 aromatic rings. The lowest BCUT2D eigenvalue weighted by Crippen LogP contribution is -2.40. The van der Waals surface area contributed by atoms with E-state index >= 15 is 0 Å². The molecule has 4 heteroatoms. The zero-order valence-corrected chi connectivity index (χ0v) is 16.2. The van der Waals surface area contributed by atoms with Crippen molar-refractivity contribution < 1.29 is 4.79 Å². The molecule has 0 aliphatic carbocycles. The first-order valence-corrected chi connectivity index (χ1v) is 9.78. The van der Waals surface area contributed by atoms with Gasteiger partial charge in [0.1, 0.15) is 0 Å². The summed E-state index contributed by atoms with van der Waals surface area (Å²) < 4.78 is 0. The molecular formula is C25H23N3O. The number of benzene rings is 3. The molecule has 1 aromatic heterocycles. The van der Waals surface area contributed by atoms with E-state index < -0.39 is 0 Å². The standard InChI is InChI=1S/C25H23N3O/c29-25(27-18-16-22-13-6-7-17-26-22)28(19-20-9-2-1-3-10-20)24-15-8-12-21-11-4-5-14-23(21)24/h1-15,17H,16,18-19H2,(H,27,29). The highest BCUT2D eigenvalue weighted by Gasteiger charge is 2.18. The topological polar surface area (TPSA) is 45.2 Å². The van der Waals surface area contributed by atoms with Gasteiger partial charge in [0.05, 0.1) is 12.2 Å². The van der Waals surface area contributed by atoms with Gasteiger partial charge in [0.15, 0.2) is 0 Å². The summed E-state index contributed by atoms with van der Waals surface area (Å²) in [5.74, 6) is 0. The van der Waals surface area contributed by atoms with Crippen LogP contribution in [0.2, 0.25) is 0 Å². The van der Waals surface area contributed by atoms with E-state index in [0.717, 1.165) is 27.7 Å². The lowest BCUT2D eigenvalue weighted by atomic mass is 10.1. The average Bonchev–Trinajstić information content (AvgIpc) is 2.78. The fraction of sp³-hybridized carbons (Fsp3) is 0.120. The van der Waals surface area contributed by atoms with Crippen LogP contribution >= 0.6 is 0 Å². The molecule has 2 amide bonds. The van der Waals surface area contributed by atoms with Crippen LogP contribution in [0.25, 0.3) is 10.8 Å². The SMILES string of the molecule is O=C(NCCc1ccccn1)N(Cc1ccccc1)c1cccc2ccccc12. The second kappa shape index (κ2) is 9.02. The van der Waals surface area contributed by atoms with Gasteiger partial charge in [0, 0.05) is 30.2 Å². The molecule has 144 valence electrons. The van der Waals surface area contributed by atoms with Gasteiger partial charge in [-0.1, -0.05) is 72.8 Å². The summed E-state index contributed by atoms with van der Waals surface area (Å²) in [5.41, 5.74) is 2.95. The number of hydrogen-bond acceptors (Lipinski definition) is 2. The number of carbonyl (C=O) groups excluding carboxylic acids is 1. The van der Waals surface area contributed by atoms with Crippen LogP contribution in [0.3, 0.4) is 0 Å². The Kier molecular flexibility index (Phi) is 5.81. The highest BCUT2D eigenvalue weighted by Crippen LogP contribution is 2.28. The Morgan fingerprint density at radius 1 is 0.828 bits per heavy atom. The fourth-order valence-corrected chi connectivity index (χ4v) is 3.41. The number of nitrogens with zero attached hydrogens (tertiary/aromatic N) is 2. The number of nitrogens with one attached hydrogen (secondary N) is 1. The molecular weight excluding hydrogens is 358 g/mol. The summed E-state index contributed by atoms with van der Waals surface area (Å²) in [7, 11) is 0. The third-order valence-corrected chi connectivity index (χ3v) is 4.87. The van der Waals surface area contributed by atoms with E-state index in [1.165, 1.54) is 0 Å². The lowest BCUT2D eigenvalue weighted by molar-refractivity contribution is 0.246. The number of amides is 2. The summed E-state index contributed by atoms with van der Waals surface area (Å²) in [5, 5.41) is 5.24. The van der Waals surface area contributed by atoms with E-state index in [0.29, 0.717) is 19.5 Å². The van der Waals surface area contributed by atoms with Crippen molar-refractivity contribution in [2.45, 2.75) is 13.0 Å². The average molecular weight is 381 g/mol. The number of aromatic nitrogens is 1. The zero-order chi connectivity index (χ0) is 19.9. The van der Waals surface area contributed by atoms with Crippen molar-refractivity contribution in [3.8, 4) is 0 Å². The molecule has 0 fully saturated rings. The van der Waals surface area contributed by atoms with E-state index in [1.807, 2.05) is 77.7 Å². The lowest BCUT2D eigenvalue weighted by Gasteiger charge is -2.25. The van der Waals surface area contributed by atoms with Gasteiger partial charge in [-0.3, -0.25) is 9.88 Å². The molecule has 0 aliphatic heterocycles. The summed E-state index contributed by atoms with van der Waals surface area (Å²) in [4.78, 5) is 19.3. The maximum atomic E-state index is 13.2. The number of carbonyl (C=O) groups is 1. The van der Waals surface area contributed by atoms with Crippen LogP contribution in [0.5, 0.6) is 0 Å². The van der Waals surface area contributed by atoms with Crippen molar-refractivity contribution in [1.29, 1.82) is 0 Å². The minimum Gasteiger partial charge on any atom is -0.337 e. The summed E-state index contributed by atoms with van der Waals surface area (Å²) >= 11 is 0. The molecule has 0 atom stereocenters. The molecule has 0 saturated heterocycles. The van der Waals surface area contributed by atoms with E-state index in [4.69, 9.17) is 0 Å². The Hall–Kier alpha value is -3.66. The van der Waals surface area contributed by atoms with Gasteiger partial charge in [0.2, 0.25) is 0 Å². The molecule has 0 radical (unpaired) electrons. The number of pyridine rings is 1. The van der Waals surface area contributed by atoms with Gasteiger partial charge in [-0.25, -0.2) is 4.79 Å². The smallest absolute Gasteiger partial charge is 0.322 e. The molecule has 0 bridgehead atoms. The summed E-state index contributed by atoms with van der Waals surface area (Å²) in [6.45, 7) is 1.04. The molecule has 1 heterocycles. The fourth-order valence-electron chi connectivity index (χ4n) is 3.41. The Bertz CT molecular complexity index is 1080. The number of anilines is 1. The summed E-state index contributed by atoms with van der Waals surface area (Å²) in [6, 6.07) is 30.0. The van der Waals surface area contributed by atoms with Crippen molar-refractivity contribution in [2.75, 3.05) is 11.4 Å². The first kappa shape index (κ1) is 18.7. The van der Waals surface area contributed by atoms with E-state index in [1.54, 1.807) is 6.20 Å². The molecule has 1 N–H and O–H groups in total. The number of urea groups is 1. The Balaban J connectivity index is 1.58. The highest BCUT2D eigenvalue weighted by atomic mass is 16.2. The van der Waals surface area contributed by atoms with Gasteiger partial charge < -0.3 is 5.32 Å². The maximum absolute atomic E-state index is 13.2. The van der Waals surface area contributed by atoms with Crippen LogP contribution in [0.15, 0.2) is 97.2 Å². The van der Waals surface area contributed by atoms with Gasteiger partial charge in [0.25, 0.3) is 0 Å². The van der Waals surface area contributed by atoms with Crippen molar-refractivity contribution in [2.24, 2.45) is 0 Å². The largest absolute Gasteiger partial charge is 0.337 e. The molecule has 4 rings (SSSR count). The Labute approximate surface area is 170 Å². The van der Waals surface area contributed by atoms with Crippen LogP contribution in [-0.4, -0.2) is 17.6 Å². The van der Waals surface area contributed by atoms with Crippen LogP contribution in [0.4, 0.5) is 10.5 Å². The maximum Gasteiger partial charge on any atom is 0.322 e. The predicted molar refractivity (Wildman–Crippen MR) is 118 cm³/mol. The molecule has 4 nitrogen and oxygen atoms in total. The molecule has 0 spiro atoms.